The summed E-state index contributed by atoms with van der Waals surface area (Å²) >= 11 is 6.13. The first-order chi connectivity index (χ1) is 25.0. The molecule has 2 fully saturated rings. The van der Waals surface area contributed by atoms with E-state index in [1.54, 1.807) is 41.3 Å². The number of carbonyl (C=O) groups excluding carboxylic acids is 2. The van der Waals surface area contributed by atoms with Crippen molar-refractivity contribution >= 4 is 44.8 Å². The van der Waals surface area contributed by atoms with Crippen LogP contribution in [0.3, 0.4) is 0 Å². The lowest BCUT2D eigenvalue weighted by Crippen LogP contribution is -2.58. The first kappa shape index (κ1) is 35.3. The largest absolute Gasteiger partial charge is 0.456 e. The number of nitrogens with zero attached hydrogens (tertiary/aromatic N) is 3. The van der Waals surface area contributed by atoms with Gasteiger partial charge in [0.25, 0.3) is 15.9 Å². The van der Waals surface area contributed by atoms with Crippen molar-refractivity contribution in [3.63, 3.8) is 0 Å². The summed E-state index contributed by atoms with van der Waals surface area (Å²) in [5.74, 6) is -0.0842. The molecule has 52 heavy (non-hydrogen) atoms. The molecule has 2 heterocycles. The van der Waals surface area contributed by atoms with E-state index in [4.69, 9.17) is 16.3 Å². The Balaban J connectivity index is 1.05. The number of rotatable bonds is 10. The van der Waals surface area contributed by atoms with Gasteiger partial charge in [-0.25, -0.2) is 13.1 Å². The van der Waals surface area contributed by atoms with E-state index in [9.17, 15) is 18.0 Å². The van der Waals surface area contributed by atoms with Gasteiger partial charge in [-0.15, -0.1) is 0 Å². The molecule has 0 spiro atoms. The number of sulfonamides is 1. The number of nitrogens with one attached hydrogen (secondary N) is 1. The minimum Gasteiger partial charge on any atom is -0.456 e. The van der Waals surface area contributed by atoms with E-state index in [1.165, 1.54) is 23.3 Å². The average Bonchev–Trinajstić information content (AvgIpc) is 3.15. The van der Waals surface area contributed by atoms with Crippen LogP contribution in [0.5, 0.6) is 11.5 Å². The number of anilines is 2. The fraction of sp³-hybridized carbons (Fsp3) is 0.220. The van der Waals surface area contributed by atoms with E-state index in [-0.39, 0.29) is 22.1 Å². The summed E-state index contributed by atoms with van der Waals surface area (Å²) in [5, 5.41) is 0.710. The normalized spacial score (nSPS) is 15.9. The molecule has 5 aromatic carbocycles. The quantitative estimate of drug-likeness (QED) is 0.148. The maximum Gasteiger partial charge on any atom is 0.268 e. The van der Waals surface area contributed by atoms with E-state index < -0.39 is 21.3 Å². The number of halogens is 1. The predicted octanol–water partition coefficient (Wildman–Crippen LogP) is 7.61. The molecule has 9 nitrogen and oxygen atoms in total. The van der Waals surface area contributed by atoms with Crippen molar-refractivity contribution in [1.82, 2.24) is 9.62 Å². The predicted molar refractivity (Wildman–Crippen MR) is 205 cm³/mol. The van der Waals surface area contributed by atoms with Crippen molar-refractivity contribution in [2.45, 2.75) is 25.3 Å². The number of ether oxygens (including phenoxy) is 1. The minimum atomic E-state index is -4.23. The average molecular weight is 735 g/mol. The van der Waals surface area contributed by atoms with Crippen molar-refractivity contribution in [1.29, 1.82) is 0 Å². The zero-order valence-electron chi connectivity index (χ0n) is 29.0. The molecular weight excluding hydrogens is 696 g/mol. The molecule has 2 aliphatic rings. The van der Waals surface area contributed by atoms with Crippen LogP contribution < -0.4 is 19.3 Å². The van der Waals surface area contributed by atoms with E-state index in [1.807, 2.05) is 62.4 Å². The van der Waals surface area contributed by atoms with Gasteiger partial charge in [0.05, 0.1) is 15.9 Å². The number of hydrogen-bond donors (Lipinski definition) is 1. The molecule has 5 aromatic rings. The van der Waals surface area contributed by atoms with Crippen LogP contribution in [-0.2, 0) is 21.4 Å². The molecular formula is C41H39ClN4O5S. The Kier molecular flexibility index (Phi) is 9.80. The van der Waals surface area contributed by atoms with Crippen LogP contribution in [-0.4, -0.2) is 57.9 Å². The summed E-state index contributed by atoms with van der Waals surface area (Å²) in [6.07, 6.45) is 0. The van der Waals surface area contributed by atoms with Gasteiger partial charge in [-0.05, 0) is 91.2 Å². The molecule has 0 aromatic heterocycles. The second-order valence-corrected chi connectivity index (χ2v) is 15.8. The van der Waals surface area contributed by atoms with E-state index in [2.05, 4.69) is 38.8 Å². The molecule has 1 N–H and O–H groups in total. The van der Waals surface area contributed by atoms with Gasteiger partial charge >= 0.3 is 0 Å². The number of amides is 2. The summed E-state index contributed by atoms with van der Waals surface area (Å²) < 4.78 is 35.1. The number of para-hydroxylation sites is 1. The molecule has 2 saturated heterocycles. The van der Waals surface area contributed by atoms with Gasteiger partial charge in [-0.2, -0.15) is 0 Å². The molecule has 0 atom stereocenters. The first-order valence-corrected chi connectivity index (χ1v) is 19.0. The molecule has 266 valence electrons. The van der Waals surface area contributed by atoms with E-state index in [0.29, 0.717) is 23.0 Å². The maximum atomic E-state index is 13.6. The molecule has 7 rings (SSSR count). The highest BCUT2D eigenvalue weighted by atomic mass is 35.5. The second kappa shape index (κ2) is 14.5. The van der Waals surface area contributed by atoms with E-state index in [0.717, 1.165) is 44.0 Å². The van der Waals surface area contributed by atoms with Crippen molar-refractivity contribution in [3.05, 3.63) is 137 Å². The van der Waals surface area contributed by atoms with Gasteiger partial charge in [0.1, 0.15) is 11.5 Å². The third-order valence-electron chi connectivity index (χ3n) is 9.55. The zero-order chi connectivity index (χ0) is 36.5. The third-order valence-corrected chi connectivity index (χ3v) is 11.1. The van der Waals surface area contributed by atoms with Crippen molar-refractivity contribution in [2.24, 2.45) is 5.41 Å². The maximum absolute atomic E-state index is 13.6. The highest BCUT2D eigenvalue weighted by Crippen LogP contribution is 2.36. The molecule has 0 radical (unpaired) electrons. The Morgan fingerprint density at radius 1 is 0.808 bits per heavy atom. The van der Waals surface area contributed by atoms with Gasteiger partial charge < -0.3 is 14.5 Å². The summed E-state index contributed by atoms with van der Waals surface area (Å²) in [5.41, 5.74) is 4.67. The standard InChI is InChI=1S/C41H39ClN4O5S/c1-41(2)28-46(40(41)48)32-16-19-35(20-17-32)52(49,50)43-39(47)37-21-18-33(26-38(37)51-34-9-4-3-5-10-34)45-24-22-44(23-25-45)27-30-8-6-7-11-36(30)29-12-14-31(42)15-13-29/h3-21,26H,22-25,27-28H2,1-2H3,(H,43,47). The zero-order valence-corrected chi connectivity index (χ0v) is 30.5. The van der Waals surface area contributed by atoms with Crippen molar-refractivity contribution < 1.29 is 22.7 Å². The number of benzene rings is 5. The first-order valence-electron chi connectivity index (χ1n) is 17.1. The smallest absolute Gasteiger partial charge is 0.268 e. The molecule has 0 aliphatic carbocycles. The van der Waals surface area contributed by atoms with Crippen LogP contribution in [0.4, 0.5) is 11.4 Å². The van der Waals surface area contributed by atoms with Gasteiger partial charge in [-0.3, -0.25) is 14.5 Å². The van der Waals surface area contributed by atoms with Gasteiger partial charge in [0, 0.05) is 61.7 Å². The topological polar surface area (TPSA) is 99.3 Å². The summed E-state index contributed by atoms with van der Waals surface area (Å²) in [6.45, 7) is 8.25. The Bertz CT molecular complexity index is 2200. The van der Waals surface area contributed by atoms with E-state index >= 15 is 0 Å². The highest BCUT2D eigenvalue weighted by Gasteiger charge is 2.44. The lowest BCUT2D eigenvalue weighted by molar-refractivity contribution is -0.132. The molecule has 2 aliphatic heterocycles. The van der Waals surface area contributed by atoms with Gasteiger partial charge in [0.15, 0.2) is 0 Å². The molecule has 2 amide bonds. The second-order valence-electron chi connectivity index (χ2n) is 13.7. The molecule has 0 unspecified atom stereocenters. The number of carbonyl (C=O) groups is 2. The lowest BCUT2D eigenvalue weighted by atomic mass is 9.83. The van der Waals surface area contributed by atoms with Gasteiger partial charge in [-0.1, -0.05) is 66.2 Å². The fourth-order valence-corrected chi connectivity index (χ4v) is 7.72. The van der Waals surface area contributed by atoms with Crippen LogP contribution in [0.25, 0.3) is 11.1 Å². The highest BCUT2D eigenvalue weighted by molar-refractivity contribution is 7.90. The lowest BCUT2D eigenvalue weighted by Gasteiger charge is -2.44. The number of piperazine rings is 1. The molecule has 11 heteroatoms. The monoisotopic (exact) mass is 734 g/mol. The number of hydrogen-bond acceptors (Lipinski definition) is 7. The number of β-lactam (4-membered cyclic amide) rings is 1. The Hall–Kier alpha value is -5.16. The summed E-state index contributed by atoms with van der Waals surface area (Å²) in [6, 6.07) is 36.5. The summed E-state index contributed by atoms with van der Waals surface area (Å²) in [7, 11) is -4.23. The van der Waals surface area contributed by atoms with Crippen LogP contribution in [0.1, 0.15) is 29.8 Å². The van der Waals surface area contributed by atoms with Crippen molar-refractivity contribution in [2.75, 3.05) is 42.5 Å². The van der Waals surface area contributed by atoms with Crippen LogP contribution in [0.2, 0.25) is 5.02 Å². The van der Waals surface area contributed by atoms with Crippen molar-refractivity contribution in [3.8, 4) is 22.6 Å². The Morgan fingerprint density at radius 2 is 1.46 bits per heavy atom. The van der Waals surface area contributed by atoms with Crippen LogP contribution >= 0.6 is 11.6 Å². The molecule has 0 bridgehead atoms. The van der Waals surface area contributed by atoms with Gasteiger partial charge in [0.2, 0.25) is 5.91 Å². The third kappa shape index (κ3) is 7.55. The SMILES string of the molecule is CC1(C)CN(c2ccc(S(=O)(=O)NC(=O)c3ccc(N4CCN(Cc5ccccc5-c5ccc(Cl)cc5)CC4)cc3Oc3ccccc3)cc2)C1=O. The molecule has 0 saturated carbocycles. The minimum absolute atomic E-state index is 0.0244. The van der Waals surface area contributed by atoms with Crippen LogP contribution in [0, 0.1) is 5.41 Å². The Morgan fingerprint density at radius 3 is 2.13 bits per heavy atom. The summed E-state index contributed by atoms with van der Waals surface area (Å²) in [4.78, 5) is 32.2. The fourth-order valence-electron chi connectivity index (χ4n) is 6.63. The Labute approximate surface area is 309 Å². The van der Waals surface area contributed by atoms with Crippen LogP contribution in [0.15, 0.2) is 126 Å².